The molecule has 2 atom stereocenters. The number of benzene rings is 2. The highest BCUT2D eigenvalue weighted by molar-refractivity contribution is 6.16. The average molecular weight is 403 g/mol. The number of ketones is 1. The summed E-state index contributed by atoms with van der Waals surface area (Å²) in [6.07, 6.45) is 5.95. The van der Waals surface area contributed by atoms with Gasteiger partial charge in [-0.15, -0.1) is 0 Å². The second-order valence-electron chi connectivity index (χ2n) is 8.03. The van der Waals surface area contributed by atoms with Gasteiger partial charge < -0.3 is 18.9 Å². The zero-order valence-corrected chi connectivity index (χ0v) is 16.6. The Morgan fingerprint density at radius 3 is 1.73 bits per heavy atom. The molecule has 2 aromatic rings. The molecule has 0 N–H and O–H groups in total. The van der Waals surface area contributed by atoms with E-state index in [1.807, 2.05) is 48.6 Å². The van der Waals surface area contributed by atoms with Gasteiger partial charge in [0.15, 0.2) is 28.8 Å². The van der Waals surface area contributed by atoms with E-state index in [1.54, 1.807) is 0 Å². The van der Waals surface area contributed by atoms with E-state index in [4.69, 9.17) is 18.9 Å². The maximum atomic E-state index is 13.5. The third kappa shape index (κ3) is 2.71. The molecule has 2 saturated heterocycles. The van der Waals surface area contributed by atoms with Crippen molar-refractivity contribution in [1.29, 1.82) is 0 Å². The van der Waals surface area contributed by atoms with Crippen molar-refractivity contribution in [2.75, 3.05) is 20.6 Å². The van der Waals surface area contributed by atoms with Gasteiger partial charge in [0.1, 0.15) is 0 Å². The molecule has 6 nitrogen and oxygen atoms in total. The minimum absolute atomic E-state index is 0.121. The molecule has 2 bridgehead atoms. The highest BCUT2D eigenvalue weighted by Gasteiger charge is 2.44. The van der Waals surface area contributed by atoms with Gasteiger partial charge in [-0.25, -0.2) is 0 Å². The lowest BCUT2D eigenvalue weighted by molar-refractivity contribution is -0.114. The van der Waals surface area contributed by atoms with Crippen molar-refractivity contribution in [3.05, 3.63) is 58.7 Å². The van der Waals surface area contributed by atoms with Crippen molar-refractivity contribution in [3.63, 3.8) is 0 Å². The largest absolute Gasteiger partial charge is 0.454 e. The van der Waals surface area contributed by atoms with Gasteiger partial charge in [-0.3, -0.25) is 9.69 Å². The molecule has 6 heteroatoms. The Bertz CT molecular complexity index is 1030. The Kier molecular flexibility index (Phi) is 3.89. The average Bonchev–Trinajstić information content (AvgIpc) is 3.47. The van der Waals surface area contributed by atoms with Crippen molar-refractivity contribution >= 4 is 17.9 Å². The number of Topliss-reactive ketones (excluding diaryl/α,β-unsaturated/α-hetero) is 1. The summed E-state index contributed by atoms with van der Waals surface area (Å²) in [6, 6.07) is 11.9. The Morgan fingerprint density at radius 2 is 1.23 bits per heavy atom. The fourth-order valence-corrected chi connectivity index (χ4v) is 4.85. The molecule has 2 aromatic carbocycles. The Labute approximate surface area is 174 Å². The van der Waals surface area contributed by atoms with Crippen LogP contribution in [0.2, 0.25) is 0 Å². The summed E-state index contributed by atoms with van der Waals surface area (Å²) < 4.78 is 21.8. The van der Waals surface area contributed by atoms with Crippen molar-refractivity contribution in [3.8, 4) is 23.0 Å². The zero-order valence-electron chi connectivity index (χ0n) is 16.6. The van der Waals surface area contributed by atoms with Gasteiger partial charge in [-0.2, -0.15) is 0 Å². The van der Waals surface area contributed by atoms with Crippen LogP contribution in [0.3, 0.4) is 0 Å². The number of hydrogen-bond donors (Lipinski definition) is 0. The zero-order chi connectivity index (χ0) is 20.2. The van der Waals surface area contributed by atoms with Gasteiger partial charge in [0.2, 0.25) is 13.6 Å². The predicted molar refractivity (Wildman–Crippen MR) is 111 cm³/mol. The Morgan fingerprint density at radius 1 is 0.767 bits per heavy atom. The molecule has 0 aromatic heterocycles. The van der Waals surface area contributed by atoms with E-state index in [2.05, 4.69) is 11.9 Å². The number of carbonyl (C=O) groups excluding carboxylic acids is 1. The van der Waals surface area contributed by atoms with Crippen LogP contribution in [0.15, 0.2) is 47.5 Å². The molecule has 6 rings (SSSR count). The Balaban J connectivity index is 1.39. The maximum Gasteiger partial charge on any atom is 0.231 e. The SMILES string of the molecule is CN1[C@@H]2CC[C@H]1/C(=C\c1ccc3c(c1)OCO3)C(=O)/C2=C/c1ccc2c(c1)OCO2. The first-order valence-corrected chi connectivity index (χ1v) is 10.2. The molecule has 0 saturated carbocycles. The van der Waals surface area contributed by atoms with Crippen LogP contribution < -0.4 is 18.9 Å². The first-order valence-electron chi connectivity index (χ1n) is 10.2. The number of rotatable bonds is 2. The summed E-state index contributed by atoms with van der Waals surface area (Å²) in [5.74, 6) is 3.06. The highest BCUT2D eigenvalue weighted by Crippen LogP contribution is 2.42. The number of carbonyl (C=O) groups is 1. The lowest BCUT2D eigenvalue weighted by Gasteiger charge is -2.34. The number of hydrogen-bond acceptors (Lipinski definition) is 6. The van der Waals surface area contributed by atoms with Crippen LogP contribution in [-0.2, 0) is 4.79 Å². The molecular weight excluding hydrogens is 382 g/mol. The van der Waals surface area contributed by atoms with Crippen LogP contribution in [0.4, 0.5) is 0 Å². The third-order valence-electron chi connectivity index (χ3n) is 6.38. The maximum absolute atomic E-state index is 13.5. The fraction of sp³-hybridized carbons (Fsp3) is 0.292. The van der Waals surface area contributed by atoms with Crippen LogP contribution in [0.1, 0.15) is 24.0 Å². The summed E-state index contributed by atoms with van der Waals surface area (Å²) in [7, 11) is 2.11. The number of ether oxygens (including phenoxy) is 4. The van der Waals surface area contributed by atoms with Crippen LogP contribution >= 0.6 is 0 Å². The lowest BCUT2D eigenvalue weighted by Crippen LogP contribution is -2.43. The number of fused-ring (bicyclic) bond motifs is 4. The smallest absolute Gasteiger partial charge is 0.231 e. The normalized spacial score (nSPS) is 26.8. The predicted octanol–water partition coefficient (Wildman–Crippen LogP) is 3.66. The molecular formula is C24H21NO5. The molecule has 0 aliphatic carbocycles. The van der Waals surface area contributed by atoms with Crippen LogP contribution in [0.5, 0.6) is 23.0 Å². The quantitative estimate of drug-likeness (QED) is 0.714. The second kappa shape index (κ2) is 6.64. The summed E-state index contributed by atoms with van der Waals surface area (Å²) in [5.41, 5.74) is 3.56. The number of likely N-dealkylation sites (N-methyl/N-ethyl adjacent to an activating group) is 1. The van der Waals surface area contributed by atoms with Gasteiger partial charge in [0, 0.05) is 23.2 Å². The van der Waals surface area contributed by atoms with Crippen molar-refractivity contribution in [2.45, 2.75) is 24.9 Å². The van der Waals surface area contributed by atoms with Crippen LogP contribution in [-0.4, -0.2) is 43.4 Å². The monoisotopic (exact) mass is 403 g/mol. The van der Waals surface area contributed by atoms with E-state index >= 15 is 0 Å². The van der Waals surface area contributed by atoms with E-state index in [0.717, 1.165) is 58.1 Å². The molecule has 0 unspecified atom stereocenters. The second-order valence-corrected chi connectivity index (χ2v) is 8.03. The van der Waals surface area contributed by atoms with Gasteiger partial charge >= 0.3 is 0 Å². The molecule has 2 fully saturated rings. The molecule has 152 valence electrons. The van der Waals surface area contributed by atoms with E-state index in [1.165, 1.54) is 0 Å². The molecule has 0 spiro atoms. The Hall–Kier alpha value is -3.25. The van der Waals surface area contributed by atoms with Gasteiger partial charge in [0.05, 0.1) is 0 Å². The highest BCUT2D eigenvalue weighted by atomic mass is 16.7. The van der Waals surface area contributed by atoms with Gasteiger partial charge in [-0.05, 0) is 67.4 Å². The van der Waals surface area contributed by atoms with E-state index in [0.29, 0.717) is 0 Å². The van der Waals surface area contributed by atoms with E-state index in [-0.39, 0.29) is 31.5 Å². The van der Waals surface area contributed by atoms with Gasteiger partial charge in [-0.1, -0.05) is 12.1 Å². The number of nitrogens with zero attached hydrogens (tertiary/aromatic N) is 1. The molecule has 4 aliphatic heterocycles. The van der Waals surface area contributed by atoms with Crippen LogP contribution in [0, 0.1) is 0 Å². The molecule has 30 heavy (non-hydrogen) atoms. The van der Waals surface area contributed by atoms with E-state index in [9.17, 15) is 4.79 Å². The van der Waals surface area contributed by atoms with Gasteiger partial charge in [0.25, 0.3) is 0 Å². The summed E-state index contributed by atoms with van der Waals surface area (Å²) in [4.78, 5) is 15.9. The van der Waals surface area contributed by atoms with Crippen molar-refractivity contribution < 1.29 is 23.7 Å². The molecule has 4 heterocycles. The van der Waals surface area contributed by atoms with Crippen molar-refractivity contribution in [1.82, 2.24) is 4.90 Å². The third-order valence-corrected chi connectivity index (χ3v) is 6.38. The van der Waals surface area contributed by atoms with E-state index < -0.39 is 0 Å². The molecule has 0 radical (unpaired) electrons. The standard InChI is InChI=1S/C24H21NO5/c1-25-18-4-5-19(25)17(9-15-3-7-21-23(11-15)30-13-28-21)24(26)16(18)8-14-2-6-20-22(10-14)29-12-27-20/h2-3,6-11,18-19H,4-5,12-13H2,1H3/b16-8+,17-9+/t18-,19+. The summed E-state index contributed by atoms with van der Waals surface area (Å²) in [5, 5.41) is 0. The first-order chi connectivity index (χ1) is 14.7. The fourth-order valence-electron chi connectivity index (χ4n) is 4.85. The molecule has 4 aliphatic rings. The topological polar surface area (TPSA) is 57.2 Å². The first kappa shape index (κ1) is 17.6. The minimum Gasteiger partial charge on any atom is -0.454 e. The minimum atomic E-state index is 0.121. The molecule has 0 amide bonds. The van der Waals surface area contributed by atoms with Crippen LogP contribution in [0.25, 0.3) is 12.2 Å². The number of piperidine rings is 1. The summed E-state index contributed by atoms with van der Waals surface area (Å²) >= 11 is 0. The van der Waals surface area contributed by atoms with Crippen molar-refractivity contribution in [2.24, 2.45) is 0 Å². The summed E-state index contributed by atoms with van der Waals surface area (Å²) in [6.45, 7) is 0.480. The lowest BCUT2D eigenvalue weighted by atomic mass is 9.88.